The van der Waals surface area contributed by atoms with Crippen molar-refractivity contribution in [1.82, 2.24) is 5.32 Å². The summed E-state index contributed by atoms with van der Waals surface area (Å²) in [5.41, 5.74) is 1.00. The standard InChI is InChI=1S/C13H16ClNO2/c1-2-7-15-11-8-12(17-13(11)16)9-3-5-10(14)6-4-9/h3-6,11-12,15H,2,7-8H2,1H3. The van der Waals surface area contributed by atoms with Gasteiger partial charge >= 0.3 is 5.97 Å². The molecule has 1 N–H and O–H groups in total. The normalized spacial score (nSPS) is 23.8. The molecule has 0 bridgehead atoms. The summed E-state index contributed by atoms with van der Waals surface area (Å²) in [6.07, 6.45) is 1.56. The maximum atomic E-state index is 11.6. The summed E-state index contributed by atoms with van der Waals surface area (Å²) in [5, 5.41) is 3.88. The first kappa shape index (κ1) is 12.4. The van der Waals surface area contributed by atoms with E-state index in [1.807, 2.05) is 24.3 Å². The summed E-state index contributed by atoms with van der Waals surface area (Å²) in [5.74, 6) is -0.154. The van der Waals surface area contributed by atoms with Gasteiger partial charge in [-0.25, -0.2) is 0 Å². The Morgan fingerprint density at radius 2 is 2.12 bits per heavy atom. The zero-order chi connectivity index (χ0) is 12.3. The van der Waals surface area contributed by atoms with E-state index in [1.165, 1.54) is 0 Å². The molecule has 0 aliphatic carbocycles. The smallest absolute Gasteiger partial charge is 0.323 e. The lowest BCUT2D eigenvalue weighted by molar-refractivity contribution is -0.143. The molecule has 0 radical (unpaired) electrons. The first-order chi connectivity index (χ1) is 8.20. The van der Waals surface area contributed by atoms with Crippen LogP contribution in [-0.2, 0) is 9.53 Å². The average Bonchev–Trinajstić information content (AvgIpc) is 2.69. The third-order valence-electron chi connectivity index (χ3n) is 2.88. The Hall–Kier alpha value is -1.06. The lowest BCUT2D eigenvalue weighted by atomic mass is 10.0. The fraction of sp³-hybridized carbons (Fsp3) is 0.462. The largest absolute Gasteiger partial charge is 0.456 e. The van der Waals surface area contributed by atoms with Gasteiger partial charge in [0.15, 0.2) is 0 Å². The first-order valence-corrected chi connectivity index (χ1v) is 6.28. The minimum absolute atomic E-state index is 0.144. The molecule has 2 rings (SSSR count). The highest BCUT2D eigenvalue weighted by Gasteiger charge is 2.34. The lowest BCUT2D eigenvalue weighted by Gasteiger charge is -2.09. The van der Waals surface area contributed by atoms with Gasteiger partial charge in [0.25, 0.3) is 0 Å². The van der Waals surface area contributed by atoms with Crippen LogP contribution in [0.1, 0.15) is 31.4 Å². The van der Waals surface area contributed by atoms with Crippen LogP contribution in [0.15, 0.2) is 24.3 Å². The van der Waals surface area contributed by atoms with Crippen LogP contribution in [0.4, 0.5) is 0 Å². The first-order valence-electron chi connectivity index (χ1n) is 5.90. The highest BCUT2D eigenvalue weighted by molar-refractivity contribution is 6.30. The third-order valence-corrected chi connectivity index (χ3v) is 3.13. The van der Waals surface area contributed by atoms with Gasteiger partial charge in [0.05, 0.1) is 0 Å². The number of ether oxygens (including phenoxy) is 1. The lowest BCUT2D eigenvalue weighted by Crippen LogP contribution is -2.33. The third kappa shape index (κ3) is 2.99. The van der Waals surface area contributed by atoms with Crippen LogP contribution in [0.2, 0.25) is 5.02 Å². The number of cyclic esters (lactones) is 1. The molecule has 4 heteroatoms. The quantitative estimate of drug-likeness (QED) is 0.839. The minimum atomic E-state index is -0.171. The number of nitrogens with one attached hydrogen (secondary N) is 1. The Bertz CT molecular complexity index is 391. The van der Waals surface area contributed by atoms with E-state index in [-0.39, 0.29) is 18.1 Å². The second-order valence-corrected chi connectivity index (χ2v) is 4.66. The van der Waals surface area contributed by atoms with Gasteiger partial charge in [-0.3, -0.25) is 4.79 Å². The zero-order valence-electron chi connectivity index (χ0n) is 9.78. The van der Waals surface area contributed by atoms with Crippen LogP contribution in [0.5, 0.6) is 0 Å². The van der Waals surface area contributed by atoms with Gasteiger partial charge in [0.1, 0.15) is 12.1 Å². The van der Waals surface area contributed by atoms with Crippen LogP contribution in [0.3, 0.4) is 0 Å². The number of hydrogen-bond donors (Lipinski definition) is 1. The van der Waals surface area contributed by atoms with Crippen LogP contribution in [0.25, 0.3) is 0 Å². The van der Waals surface area contributed by atoms with Crippen molar-refractivity contribution in [2.75, 3.05) is 6.54 Å². The molecule has 0 spiro atoms. The fourth-order valence-electron chi connectivity index (χ4n) is 1.95. The number of carbonyl (C=O) groups excluding carboxylic acids is 1. The van der Waals surface area contributed by atoms with Crippen molar-refractivity contribution in [3.63, 3.8) is 0 Å². The van der Waals surface area contributed by atoms with E-state index in [0.717, 1.165) is 18.5 Å². The van der Waals surface area contributed by atoms with E-state index in [1.54, 1.807) is 0 Å². The van der Waals surface area contributed by atoms with Crippen LogP contribution in [-0.4, -0.2) is 18.6 Å². The molecule has 2 unspecified atom stereocenters. The summed E-state index contributed by atoms with van der Waals surface area (Å²) in [7, 11) is 0. The van der Waals surface area contributed by atoms with Gasteiger partial charge in [0.2, 0.25) is 0 Å². The molecule has 92 valence electrons. The molecule has 0 amide bonds. The molecular formula is C13H16ClNO2. The number of halogens is 1. The zero-order valence-corrected chi connectivity index (χ0v) is 10.5. The predicted octanol–water partition coefficient (Wildman–Crippen LogP) is 2.70. The highest BCUT2D eigenvalue weighted by atomic mass is 35.5. The predicted molar refractivity (Wildman–Crippen MR) is 67.0 cm³/mol. The molecule has 0 saturated carbocycles. The van der Waals surface area contributed by atoms with E-state index >= 15 is 0 Å². The maximum Gasteiger partial charge on any atom is 0.323 e. The fourth-order valence-corrected chi connectivity index (χ4v) is 2.07. The van der Waals surface area contributed by atoms with E-state index in [4.69, 9.17) is 16.3 Å². The van der Waals surface area contributed by atoms with Crippen molar-refractivity contribution >= 4 is 17.6 Å². The molecule has 1 aliphatic heterocycles. The van der Waals surface area contributed by atoms with Crippen LogP contribution < -0.4 is 5.32 Å². The maximum absolute atomic E-state index is 11.6. The SMILES string of the molecule is CCCNC1CC(c2ccc(Cl)cc2)OC1=O. The number of esters is 1. The summed E-state index contributed by atoms with van der Waals surface area (Å²) in [6.45, 7) is 2.91. The molecule has 3 nitrogen and oxygen atoms in total. The minimum Gasteiger partial charge on any atom is -0.456 e. The van der Waals surface area contributed by atoms with Crippen molar-refractivity contribution in [3.05, 3.63) is 34.9 Å². The molecule has 2 atom stereocenters. The molecule has 1 heterocycles. The average molecular weight is 254 g/mol. The van der Waals surface area contributed by atoms with E-state index in [0.29, 0.717) is 11.4 Å². The summed E-state index contributed by atoms with van der Waals surface area (Å²) >= 11 is 5.82. The molecule has 0 aromatic heterocycles. The Labute approximate surface area is 106 Å². The molecule has 1 fully saturated rings. The molecular weight excluding hydrogens is 238 g/mol. The second-order valence-electron chi connectivity index (χ2n) is 4.22. The number of benzene rings is 1. The van der Waals surface area contributed by atoms with Gasteiger partial charge in [-0.15, -0.1) is 0 Å². The highest BCUT2D eigenvalue weighted by Crippen LogP contribution is 2.30. The van der Waals surface area contributed by atoms with Crippen LogP contribution >= 0.6 is 11.6 Å². The van der Waals surface area contributed by atoms with Crippen molar-refractivity contribution in [2.24, 2.45) is 0 Å². The Morgan fingerprint density at radius 3 is 2.76 bits per heavy atom. The van der Waals surface area contributed by atoms with Gasteiger partial charge in [-0.05, 0) is 30.7 Å². The summed E-state index contributed by atoms with van der Waals surface area (Å²) in [6, 6.07) is 7.27. The Kier molecular flexibility index (Phi) is 4.02. The van der Waals surface area contributed by atoms with Crippen molar-refractivity contribution in [3.8, 4) is 0 Å². The Balaban J connectivity index is 2.00. The van der Waals surface area contributed by atoms with Gasteiger partial charge in [-0.1, -0.05) is 30.7 Å². The molecule has 17 heavy (non-hydrogen) atoms. The summed E-state index contributed by atoms with van der Waals surface area (Å²) in [4.78, 5) is 11.6. The van der Waals surface area contributed by atoms with Crippen molar-refractivity contribution in [1.29, 1.82) is 0 Å². The Morgan fingerprint density at radius 1 is 1.41 bits per heavy atom. The topological polar surface area (TPSA) is 38.3 Å². The van der Waals surface area contributed by atoms with Gasteiger partial charge < -0.3 is 10.1 Å². The van der Waals surface area contributed by atoms with Gasteiger partial charge in [-0.2, -0.15) is 0 Å². The number of hydrogen-bond acceptors (Lipinski definition) is 3. The molecule has 1 saturated heterocycles. The number of rotatable bonds is 4. The van der Waals surface area contributed by atoms with Gasteiger partial charge in [0, 0.05) is 11.4 Å². The monoisotopic (exact) mass is 253 g/mol. The molecule has 1 aromatic rings. The molecule has 1 aliphatic rings. The van der Waals surface area contributed by atoms with E-state index in [2.05, 4.69) is 12.2 Å². The number of carbonyl (C=O) groups is 1. The van der Waals surface area contributed by atoms with Crippen molar-refractivity contribution < 1.29 is 9.53 Å². The van der Waals surface area contributed by atoms with E-state index < -0.39 is 0 Å². The van der Waals surface area contributed by atoms with E-state index in [9.17, 15) is 4.79 Å². The molecule has 1 aromatic carbocycles. The second kappa shape index (κ2) is 5.52. The van der Waals surface area contributed by atoms with Crippen LogP contribution in [0, 0.1) is 0 Å². The van der Waals surface area contributed by atoms with Crippen molar-refractivity contribution in [2.45, 2.75) is 31.9 Å². The summed E-state index contributed by atoms with van der Waals surface area (Å²) < 4.78 is 5.35.